The van der Waals surface area contributed by atoms with E-state index in [0.29, 0.717) is 0 Å². The highest BCUT2D eigenvalue weighted by Gasteiger charge is 2.40. The number of anilines is 2. The summed E-state index contributed by atoms with van der Waals surface area (Å²) in [5.74, 6) is -1.96. The van der Waals surface area contributed by atoms with Gasteiger partial charge in [0.25, 0.3) is 0 Å². The molecule has 2 aromatic carbocycles. The molecule has 7 nitrogen and oxygen atoms in total. The molecule has 13 heteroatoms. The van der Waals surface area contributed by atoms with Gasteiger partial charge in [-0.25, -0.2) is 21.2 Å². The van der Waals surface area contributed by atoms with Gasteiger partial charge in [-0.15, -0.1) is 0 Å². The normalized spacial score (nSPS) is 16.0. The van der Waals surface area contributed by atoms with Gasteiger partial charge in [-0.1, -0.05) is 36.4 Å². The van der Waals surface area contributed by atoms with Crippen molar-refractivity contribution in [2.24, 2.45) is 0 Å². The lowest BCUT2D eigenvalue weighted by atomic mass is 10.1. The van der Waals surface area contributed by atoms with E-state index in [2.05, 4.69) is 6.92 Å². The lowest BCUT2D eigenvalue weighted by molar-refractivity contribution is -0.117. The van der Waals surface area contributed by atoms with Crippen LogP contribution < -0.4 is 9.21 Å². The Bertz CT molecular complexity index is 1230. The zero-order chi connectivity index (χ0) is 25.3. The summed E-state index contributed by atoms with van der Waals surface area (Å²) in [6.07, 6.45) is -3.92. The second-order valence-corrected chi connectivity index (χ2v) is 11.8. The van der Waals surface area contributed by atoms with Gasteiger partial charge in [0.15, 0.2) is 5.82 Å². The number of piperazine rings is 1. The van der Waals surface area contributed by atoms with E-state index in [0.717, 1.165) is 6.26 Å². The highest BCUT2D eigenvalue weighted by atomic mass is 32.2. The molecule has 1 radical (unpaired) electrons. The minimum Gasteiger partial charge on any atom is -0.367 e. The molecule has 0 amide bonds. The molecule has 1 fully saturated rings. The van der Waals surface area contributed by atoms with Crippen LogP contribution in [0.1, 0.15) is 11.1 Å². The van der Waals surface area contributed by atoms with Crippen LogP contribution in [-0.2, 0) is 25.8 Å². The third-order valence-electron chi connectivity index (χ3n) is 5.32. The molecule has 3 rings (SSSR count). The first-order chi connectivity index (χ1) is 15.7. The first-order valence-electron chi connectivity index (χ1n) is 10.1. The van der Waals surface area contributed by atoms with Gasteiger partial charge in [-0.3, -0.25) is 4.31 Å². The smallest absolute Gasteiger partial charge is 0.367 e. The molecule has 0 atom stereocenters. The van der Waals surface area contributed by atoms with E-state index >= 15 is 4.39 Å². The van der Waals surface area contributed by atoms with Gasteiger partial charge in [0, 0.05) is 26.2 Å². The zero-order valence-corrected chi connectivity index (χ0v) is 19.9. The Balaban J connectivity index is 2.08. The quantitative estimate of drug-likeness (QED) is 0.523. The highest BCUT2D eigenvalue weighted by molar-refractivity contribution is 7.92. The monoisotopic (exact) mass is 522 g/mol. The summed E-state index contributed by atoms with van der Waals surface area (Å²) >= 11 is 0. The molecule has 1 aliphatic heterocycles. The lowest BCUT2D eigenvalue weighted by Crippen LogP contribution is -2.49. The molecule has 0 saturated carbocycles. The number of nitrogens with zero attached hydrogens (tertiary/aromatic N) is 3. The van der Waals surface area contributed by atoms with Crippen LogP contribution in [-0.4, -0.2) is 66.3 Å². The summed E-state index contributed by atoms with van der Waals surface area (Å²) in [5, 5.41) is 0. The maximum atomic E-state index is 15.3. The molecule has 0 spiro atoms. The average Bonchev–Trinajstić information content (AvgIpc) is 2.73. The second kappa shape index (κ2) is 9.70. The van der Waals surface area contributed by atoms with Crippen molar-refractivity contribution < 1.29 is 34.4 Å². The summed E-state index contributed by atoms with van der Waals surface area (Å²) in [4.78, 5) is 1.47. The van der Waals surface area contributed by atoms with Crippen LogP contribution in [0.25, 0.3) is 0 Å². The summed E-state index contributed by atoms with van der Waals surface area (Å²) < 4.78 is 107. The van der Waals surface area contributed by atoms with Crippen molar-refractivity contribution in [3.05, 3.63) is 66.3 Å². The first-order valence-corrected chi connectivity index (χ1v) is 13.6. The first kappa shape index (κ1) is 26.2. The van der Waals surface area contributed by atoms with Crippen LogP contribution in [0.2, 0.25) is 0 Å². The van der Waals surface area contributed by atoms with Gasteiger partial charge in [-0.2, -0.15) is 17.5 Å². The number of rotatable bonds is 7. The van der Waals surface area contributed by atoms with E-state index in [4.69, 9.17) is 0 Å². The number of benzene rings is 2. The van der Waals surface area contributed by atoms with Crippen LogP contribution in [0.15, 0.2) is 42.5 Å². The molecule has 0 aliphatic carbocycles. The van der Waals surface area contributed by atoms with Crippen LogP contribution in [0.3, 0.4) is 0 Å². The Morgan fingerprint density at radius 1 is 0.971 bits per heavy atom. The summed E-state index contributed by atoms with van der Waals surface area (Å²) in [5.41, 5.74) is -0.868. The van der Waals surface area contributed by atoms with Gasteiger partial charge in [0.1, 0.15) is 12.2 Å². The van der Waals surface area contributed by atoms with E-state index in [1.165, 1.54) is 33.5 Å². The van der Waals surface area contributed by atoms with Crippen LogP contribution in [0.4, 0.5) is 28.9 Å². The maximum Gasteiger partial charge on any atom is 0.407 e. The van der Waals surface area contributed by atoms with Gasteiger partial charge in [-0.05, 0) is 24.1 Å². The molecule has 187 valence electrons. The van der Waals surface area contributed by atoms with E-state index in [1.54, 1.807) is 18.2 Å². The molecule has 1 saturated heterocycles. The van der Waals surface area contributed by atoms with Gasteiger partial charge in [0.05, 0.1) is 17.7 Å². The SMILES string of the molecule is [CH2]c1ccc(N2CCN(S(C)(=O)=O)CC2)c(N(CC(F)(F)F)S(=O)(=O)Cc2ccccc2)c1F. The maximum absolute atomic E-state index is 15.3. The number of sulfonamides is 2. The van der Waals surface area contributed by atoms with Gasteiger partial charge >= 0.3 is 6.18 Å². The Kier molecular flexibility index (Phi) is 7.48. The molecule has 0 bridgehead atoms. The molecule has 1 aliphatic rings. The third-order valence-corrected chi connectivity index (χ3v) is 8.31. The molecule has 0 aromatic heterocycles. The third kappa shape index (κ3) is 6.19. The van der Waals surface area contributed by atoms with Gasteiger partial charge < -0.3 is 4.90 Å². The van der Waals surface area contributed by atoms with Crippen molar-refractivity contribution in [3.8, 4) is 0 Å². The van der Waals surface area contributed by atoms with E-state index in [1.807, 2.05) is 0 Å². The summed E-state index contributed by atoms with van der Waals surface area (Å²) in [7, 11) is -8.17. The largest absolute Gasteiger partial charge is 0.407 e. The topological polar surface area (TPSA) is 78.0 Å². The Morgan fingerprint density at radius 3 is 2.09 bits per heavy atom. The van der Waals surface area contributed by atoms with E-state index in [-0.39, 0.29) is 47.3 Å². The number of hydrogen-bond donors (Lipinski definition) is 0. The van der Waals surface area contributed by atoms with Gasteiger partial charge in [0.2, 0.25) is 20.0 Å². The average molecular weight is 523 g/mol. The fourth-order valence-corrected chi connectivity index (χ4v) is 6.08. The molecular weight excluding hydrogens is 498 g/mol. The summed E-state index contributed by atoms with van der Waals surface area (Å²) in [6.45, 7) is 1.65. The minimum atomic E-state index is -4.96. The number of hydrogen-bond acceptors (Lipinski definition) is 5. The predicted octanol–water partition coefficient (Wildman–Crippen LogP) is 2.99. The van der Waals surface area contributed by atoms with Crippen LogP contribution >= 0.6 is 0 Å². The predicted molar refractivity (Wildman–Crippen MR) is 122 cm³/mol. The molecule has 2 aromatic rings. The summed E-state index contributed by atoms with van der Waals surface area (Å²) in [6, 6.07) is 10.2. The second-order valence-electron chi connectivity index (χ2n) is 7.92. The van der Waals surface area contributed by atoms with Crippen LogP contribution in [0, 0.1) is 12.7 Å². The highest BCUT2D eigenvalue weighted by Crippen LogP contribution is 2.38. The van der Waals surface area contributed by atoms with Crippen molar-refractivity contribution in [2.45, 2.75) is 11.9 Å². The molecule has 1 heterocycles. The van der Waals surface area contributed by atoms with Crippen LogP contribution in [0.5, 0.6) is 0 Å². The Labute approximate surface area is 196 Å². The fraction of sp³-hybridized carbons (Fsp3) is 0.381. The molecule has 0 N–H and O–H groups in total. The number of halogens is 4. The number of alkyl halides is 3. The Morgan fingerprint density at radius 2 is 1.56 bits per heavy atom. The molecule has 0 unspecified atom stereocenters. The zero-order valence-electron chi connectivity index (χ0n) is 18.3. The van der Waals surface area contributed by atoms with E-state index in [9.17, 15) is 30.0 Å². The standard InChI is InChI=1S/C21H24F4N3O4S2/c1-16-8-9-18(26-10-12-27(13-11-26)33(2,29)30)20(19(16)22)28(15-21(23,24)25)34(31,32)14-17-6-4-3-5-7-17/h3-9H,1,10-15H2,2H3. The van der Waals surface area contributed by atoms with Crippen molar-refractivity contribution in [2.75, 3.05) is 48.2 Å². The molecular formula is C21H24F4N3O4S2. The lowest BCUT2D eigenvalue weighted by Gasteiger charge is -2.37. The van der Waals surface area contributed by atoms with Crippen molar-refractivity contribution >= 4 is 31.4 Å². The minimum absolute atomic E-state index is 0.0159. The molecule has 34 heavy (non-hydrogen) atoms. The van der Waals surface area contributed by atoms with Crippen molar-refractivity contribution in [1.82, 2.24) is 4.31 Å². The Hall–Kier alpha value is -2.38. The van der Waals surface area contributed by atoms with Crippen molar-refractivity contribution in [3.63, 3.8) is 0 Å². The van der Waals surface area contributed by atoms with E-state index < -0.39 is 50.0 Å². The van der Waals surface area contributed by atoms with Crippen molar-refractivity contribution in [1.29, 1.82) is 0 Å². The fourth-order valence-electron chi connectivity index (χ4n) is 3.69.